The Bertz CT molecular complexity index is 2180. The zero-order chi connectivity index (χ0) is 35.5. The Balaban J connectivity index is 0.000000301. The molecule has 50 heavy (non-hydrogen) atoms. The number of aliphatic hydroxyl groups excluding tert-OH is 1. The average Bonchev–Trinajstić information content (AvgIpc) is 3.11. The van der Waals surface area contributed by atoms with Crippen molar-refractivity contribution in [3.63, 3.8) is 0 Å². The van der Waals surface area contributed by atoms with Gasteiger partial charge in [0.05, 0.1) is 0 Å². The van der Waals surface area contributed by atoms with Crippen molar-refractivity contribution in [2.24, 2.45) is 10.8 Å². The number of halogens is 3. The second-order valence-electron chi connectivity index (χ2n) is 13.6. The number of allylic oxidation sites excluding steroid dienone is 2. The van der Waals surface area contributed by atoms with Crippen LogP contribution in [0.2, 0.25) is 0 Å². The third kappa shape index (κ3) is 7.85. The number of nitrogens with zero attached hydrogens (tertiary/aromatic N) is 1. The van der Waals surface area contributed by atoms with Gasteiger partial charge >= 0.3 is 0 Å². The predicted molar refractivity (Wildman–Crippen MR) is 195 cm³/mol. The Kier molecular flexibility index (Phi) is 12.1. The molecule has 0 bridgehead atoms. The van der Waals surface area contributed by atoms with Gasteiger partial charge in [-0.25, -0.2) is 13.2 Å². The fraction of sp³-hybridized carbons (Fsp3) is 0.256. The normalized spacial score (nSPS) is 12.2. The Morgan fingerprint density at radius 1 is 0.800 bits per heavy atom. The second-order valence-corrected chi connectivity index (χ2v) is 13.6. The van der Waals surface area contributed by atoms with Crippen molar-refractivity contribution in [2.45, 2.75) is 60.8 Å². The van der Waals surface area contributed by atoms with E-state index in [1.165, 1.54) is 12.1 Å². The largest absolute Gasteiger partial charge is 0.512 e. The van der Waals surface area contributed by atoms with Crippen molar-refractivity contribution in [3.8, 4) is 22.4 Å². The van der Waals surface area contributed by atoms with E-state index in [0.717, 1.165) is 34.6 Å². The number of aromatic nitrogens is 1. The molecule has 0 fully saturated rings. The van der Waals surface area contributed by atoms with Crippen LogP contribution in [0.4, 0.5) is 13.2 Å². The quantitative estimate of drug-likeness (QED) is 0.0718. The van der Waals surface area contributed by atoms with Gasteiger partial charge in [0.15, 0.2) is 5.78 Å². The number of rotatable bonds is 8. The standard InChI is InChI=1S/C30H17F3N.C13H24O2.Ir/c31-28-22(18-6-2-1-3-7-18)10-11-23-24-14-15-34-29(26(24)13-12-25(23)28)20-16-19-8-4-5-9-21(19)27(17-20)30(32)33;1-7-12(3,4)10(14)9-11(15)13(5,6)8-2;/h1-15,17,30H;9,14H,7-8H2,1-6H3;/q-1;;/b;10-9-;. The molecule has 7 heteroatoms. The van der Waals surface area contributed by atoms with Crippen LogP contribution < -0.4 is 0 Å². The molecule has 261 valence electrons. The minimum Gasteiger partial charge on any atom is -0.512 e. The van der Waals surface area contributed by atoms with Gasteiger partial charge in [-0.3, -0.25) is 9.78 Å². The van der Waals surface area contributed by atoms with Crippen LogP contribution in [-0.4, -0.2) is 15.9 Å². The molecule has 0 amide bonds. The molecule has 1 heterocycles. The number of benzene rings is 5. The fourth-order valence-corrected chi connectivity index (χ4v) is 5.53. The summed E-state index contributed by atoms with van der Waals surface area (Å²) in [6.45, 7) is 11.7. The van der Waals surface area contributed by atoms with E-state index in [1.54, 1.807) is 42.6 Å². The number of alkyl halides is 2. The molecule has 0 atom stereocenters. The smallest absolute Gasteiger partial charge is 0.251 e. The number of hydrogen-bond donors (Lipinski definition) is 1. The third-order valence-electron chi connectivity index (χ3n) is 9.66. The van der Waals surface area contributed by atoms with Gasteiger partial charge in [0.1, 0.15) is 11.6 Å². The van der Waals surface area contributed by atoms with Crippen molar-refractivity contribution >= 4 is 38.1 Å². The Morgan fingerprint density at radius 2 is 1.40 bits per heavy atom. The first-order valence-electron chi connectivity index (χ1n) is 16.5. The molecule has 0 saturated carbocycles. The summed E-state index contributed by atoms with van der Waals surface area (Å²) in [5.41, 5.74) is 1.63. The summed E-state index contributed by atoms with van der Waals surface area (Å²) < 4.78 is 43.2. The monoisotopic (exact) mass is 853 g/mol. The van der Waals surface area contributed by atoms with Crippen molar-refractivity contribution in [1.82, 2.24) is 4.98 Å². The molecule has 3 nitrogen and oxygen atoms in total. The van der Waals surface area contributed by atoms with E-state index in [9.17, 15) is 18.7 Å². The number of aliphatic hydroxyl groups is 1. The maximum absolute atomic E-state index is 15.5. The van der Waals surface area contributed by atoms with E-state index >= 15 is 4.39 Å². The Hall–Kier alpha value is -4.32. The molecule has 1 aromatic heterocycles. The van der Waals surface area contributed by atoms with Crippen molar-refractivity contribution in [2.75, 3.05) is 0 Å². The van der Waals surface area contributed by atoms with Gasteiger partial charge in [-0.05, 0) is 46.2 Å². The van der Waals surface area contributed by atoms with Gasteiger partial charge in [-0.15, -0.1) is 23.6 Å². The summed E-state index contributed by atoms with van der Waals surface area (Å²) in [5.74, 6) is -0.0956. The zero-order valence-corrected chi connectivity index (χ0v) is 31.5. The van der Waals surface area contributed by atoms with E-state index in [0.29, 0.717) is 33.0 Å². The summed E-state index contributed by atoms with van der Waals surface area (Å²) >= 11 is 0. The number of ketones is 1. The van der Waals surface area contributed by atoms with E-state index in [1.807, 2.05) is 90.1 Å². The number of carbonyl (C=O) groups is 1. The molecule has 6 aromatic rings. The molecule has 0 spiro atoms. The molecule has 0 saturated heterocycles. The maximum atomic E-state index is 15.5. The molecule has 0 aliphatic rings. The van der Waals surface area contributed by atoms with Gasteiger partial charge in [0.2, 0.25) is 0 Å². The van der Waals surface area contributed by atoms with E-state index in [2.05, 4.69) is 11.1 Å². The van der Waals surface area contributed by atoms with Crippen LogP contribution >= 0.6 is 0 Å². The van der Waals surface area contributed by atoms with E-state index < -0.39 is 6.43 Å². The molecule has 0 aliphatic heterocycles. The number of carbonyl (C=O) groups excluding carboxylic acids is 1. The van der Waals surface area contributed by atoms with Gasteiger partial charge in [-0.1, -0.05) is 125 Å². The van der Waals surface area contributed by atoms with Crippen LogP contribution in [0, 0.1) is 22.7 Å². The summed E-state index contributed by atoms with van der Waals surface area (Å²) in [7, 11) is 0. The first-order chi connectivity index (χ1) is 23.3. The van der Waals surface area contributed by atoms with Crippen LogP contribution in [0.15, 0.2) is 109 Å². The SMILES string of the molecule is CCC(C)(C)C(=O)/C=C(\O)C(C)(C)CC.Fc1c(-c2ccccc2)ccc2c1ccc1c(-c3[c-]c4ccccc4c(C(F)F)c3)nccc12.[Ir]. The summed E-state index contributed by atoms with van der Waals surface area (Å²) in [5, 5.41) is 13.7. The molecule has 0 aliphatic carbocycles. The summed E-state index contributed by atoms with van der Waals surface area (Å²) in [4.78, 5) is 16.3. The van der Waals surface area contributed by atoms with Crippen molar-refractivity contribution < 1.29 is 43.2 Å². The molecule has 6 rings (SSSR count). The summed E-state index contributed by atoms with van der Waals surface area (Å²) in [6.07, 6.45) is 2.00. The summed E-state index contributed by atoms with van der Waals surface area (Å²) in [6, 6.07) is 30.2. The Morgan fingerprint density at radius 3 is 2.06 bits per heavy atom. The molecular formula is C43H41F3IrNO2-. The van der Waals surface area contributed by atoms with Gasteiger partial charge in [0, 0.05) is 59.9 Å². The van der Waals surface area contributed by atoms with Crippen molar-refractivity contribution in [1.29, 1.82) is 0 Å². The van der Waals surface area contributed by atoms with Crippen LogP contribution in [0.1, 0.15) is 66.4 Å². The minimum atomic E-state index is -2.63. The number of pyridine rings is 1. The topological polar surface area (TPSA) is 50.2 Å². The third-order valence-corrected chi connectivity index (χ3v) is 9.66. The van der Waals surface area contributed by atoms with Crippen LogP contribution in [0.3, 0.4) is 0 Å². The van der Waals surface area contributed by atoms with Crippen LogP contribution in [-0.2, 0) is 24.9 Å². The Labute approximate surface area is 305 Å². The van der Waals surface area contributed by atoms with E-state index in [-0.39, 0.29) is 53.9 Å². The first-order valence-corrected chi connectivity index (χ1v) is 16.5. The second kappa shape index (κ2) is 15.7. The fourth-order valence-electron chi connectivity index (χ4n) is 5.53. The number of fused-ring (bicyclic) bond motifs is 4. The predicted octanol–water partition coefficient (Wildman–Crippen LogP) is 12.6. The molecular weight excluding hydrogens is 812 g/mol. The van der Waals surface area contributed by atoms with E-state index in [4.69, 9.17) is 0 Å². The van der Waals surface area contributed by atoms with Crippen LogP contribution in [0.25, 0.3) is 54.7 Å². The van der Waals surface area contributed by atoms with Crippen molar-refractivity contribution in [3.05, 3.63) is 126 Å². The average molecular weight is 853 g/mol. The van der Waals surface area contributed by atoms with Gasteiger partial charge in [-0.2, -0.15) is 0 Å². The van der Waals surface area contributed by atoms with Gasteiger partial charge in [0.25, 0.3) is 6.43 Å². The zero-order valence-electron chi connectivity index (χ0n) is 29.1. The molecule has 0 unspecified atom stereocenters. The minimum absolute atomic E-state index is 0. The van der Waals surface area contributed by atoms with Gasteiger partial charge < -0.3 is 5.11 Å². The maximum Gasteiger partial charge on any atom is 0.251 e. The molecule has 1 N–H and O–H groups in total. The molecule has 5 aromatic carbocycles. The first kappa shape index (κ1) is 38.5. The molecule has 1 radical (unpaired) electrons. The number of hydrogen-bond acceptors (Lipinski definition) is 3. The van der Waals surface area contributed by atoms with Crippen LogP contribution in [0.5, 0.6) is 0 Å².